The molecule has 3 heteroatoms. The summed E-state index contributed by atoms with van der Waals surface area (Å²) >= 11 is 4.12. The molecular formula is C15H22O2S. The number of ether oxygens (including phenoxy) is 2. The minimum absolute atomic E-state index is 0.664. The fraction of sp³-hybridized carbons (Fsp3) is 0.467. The Morgan fingerprint density at radius 2 is 1.67 bits per heavy atom. The van der Waals surface area contributed by atoms with Gasteiger partial charge in [0.25, 0.3) is 0 Å². The molecule has 0 spiro atoms. The summed E-state index contributed by atoms with van der Waals surface area (Å²) in [5.41, 5.74) is 2.44. The summed E-state index contributed by atoms with van der Waals surface area (Å²) in [6, 6.07) is 8.37. The molecule has 0 atom stereocenters. The van der Waals surface area contributed by atoms with Gasteiger partial charge in [0.2, 0.25) is 0 Å². The molecular weight excluding hydrogens is 244 g/mol. The molecule has 0 unspecified atom stereocenters. The Labute approximate surface area is 115 Å². The largest absolute Gasteiger partial charge is 0.379 e. The molecule has 0 heterocycles. The summed E-state index contributed by atoms with van der Waals surface area (Å²) in [6.07, 6.45) is 3.79. The van der Waals surface area contributed by atoms with E-state index >= 15 is 0 Å². The van der Waals surface area contributed by atoms with E-state index in [-0.39, 0.29) is 0 Å². The Balaban J connectivity index is 2.01. The molecule has 1 rings (SSSR count). The lowest BCUT2D eigenvalue weighted by Gasteiger charge is -2.05. The van der Waals surface area contributed by atoms with E-state index in [2.05, 4.69) is 43.5 Å². The van der Waals surface area contributed by atoms with Gasteiger partial charge in [0.15, 0.2) is 0 Å². The van der Waals surface area contributed by atoms with E-state index in [1.165, 1.54) is 5.56 Å². The highest BCUT2D eigenvalue weighted by Gasteiger charge is 1.94. The molecule has 0 radical (unpaired) electrons. The zero-order chi connectivity index (χ0) is 13.1. The van der Waals surface area contributed by atoms with Crippen LogP contribution in [0.1, 0.15) is 17.5 Å². The third kappa shape index (κ3) is 6.84. The predicted octanol–water partition coefficient (Wildman–Crippen LogP) is 3.23. The van der Waals surface area contributed by atoms with Gasteiger partial charge in [0, 0.05) is 6.61 Å². The average Bonchev–Trinajstić information content (AvgIpc) is 2.42. The van der Waals surface area contributed by atoms with Crippen LogP contribution in [0.25, 0.3) is 6.08 Å². The van der Waals surface area contributed by atoms with E-state index in [1.807, 2.05) is 6.08 Å². The van der Waals surface area contributed by atoms with Gasteiger partial charge >= 0.3 is 0 Å². The quantitative estimate of drug-likeness (QED) is 0.518. The number of hydrogen-bond acceptors (Lipinski definition) is 3. The van der Waals surface area contributed by atoms with Gasteiger partial charge < -0.3 is 9.47 Å². The van der Waals surface area contributed by atoms with Crippen LogP contribution in [0, 0.1) is 0 Å². The Bertz CT molecular complexity index is 322. The molecule has 2 nitrogen and oxygen atoms in total. The highest BCUT2D eigenvalue weighted by molar-refractivity contribution is 7.80. The Kier molecular flexibility index (Phi) is 8.65. The lowest BCUT2D eigenvalue weighted by molar-refractivity contribution is 0.0494. The predicted molar refractivity (Wildman–Crippen MR) is 80.3 cm³/mol. The molecule has 0 amide bonds. The fourth-order valence-corrected chi connectivity index (χ4v) is 1.63. The van der Waals surface area contributed by atoms with Crippen molar-refractivity contribution in [2.45, 2.75) is 12.8 Å². The van der Waals surface area contributed by atoms with Crippen molar-refractivity contribution in [1.29, 1.82) is 0 Å². The Morgan fingerprint density at radius 3 is 2.28 bits per heavy atom. The summed E-state index contributed by atoms with van der Waals surface area (Å²) in [5, 5.41) is 0. The molecule has 0 N–H and O–H groups in total. The average molecular weight is 266 g/mol. The van der Waals surface area contributed by atoms with Crippen molar-refractivity contribution >= 4 is 18.7 Å². The third-order valence-electron chi connectivity index (χ3n) is 2.57. The van der Waals surface area contributed by atoms with E-state index in [0.717, 1.165) is 37.4 Å². The summed E-state index contributed by atoms with van der Waals surface area (Å²) < 4.78 is 10.9. The minimum atomic E-state index is 0.664. The van der Waals surface area contributed by atoms with Crippen molar-refractivity contribution in [3.63, 3.8) is 0 Å². The zero-order valence-electron chi connectivity index (χ0n) is 10.8. The van der Waals surface area contributed by atoms with Crippen LogP contribution in [-0.4, -0.2) is 32.2 Å². The van der Waals surface area contributed by atoms with Crippen LogP contribution >= 0.6 is 12.6 Å². The molecule has 0 aliphatic carbocycles. The molecule has 18 heavy (non-hydrogen) atoms. The third-order valence-corrected chi connectivity index (χ3v) is 2.89. The van der Waals surface area contributed by atoms with Crippen LogP contribution in [0.15, 0.2) is 30.8 Å². The molecule has 0 aliphatic heterocycles. The molecule has 0 aliphatic rings. The molecule has 1 aromatic carbocycles. The summed E-state index contributed by atoms with van der Waals surface area (Å²) in [6.45, 7) is 6.58. The van der Waals surface area contributed by atoms with E-state index in [1.54, 1.807) is 0 Å². The van der Waals surface area contributed by atoms with Crippen molar-refractivity contribution in [2.24, 2.45) is 0 Å². The maximum Gasteiger partial charge on any atom is 0.0700 e. The molecule has 0 saturated carbocycles. The summed E-state index contributed by atoms with van der Waals surface area (Å²) in [7, 11) is 0. The minimum Gasteiger partial charge on any atom is -0.379 e. The fourth-order valence-electron chi connectivity index (χ4n) is 1.50. The van der Waals surface area contributed by atoms with Crippen molar-refractivity contribution in [2.75, 3.05) is 32.2 Å². The second-order valence-electron chi connectivity index (χ2n) is 4.00. The maximum absolute atomic E-state index is 5.51. The van der Waals surface area contributed by atoms with Crippen molar-refractivity contribution < 1.29 is 9.47 Å². The molecule has 100 valence electrons. The van der Waals surface area contributed by atoms with Gasteiger partial charge in [-0.1, -0.05) is 36.9 Å². The molecule has 0 aromatic heterocycles. The van der Waals surface area contributed by atoms with E-state index in [0.29, 0.717) is 13.2 Å². The Morgan fingerprint density at radius 1 is 1.00 bits per heavy atom. The van der Waals surface area contributed by atoms with Crippen LogP contribution in [0.3, 0.4) is 0 Å². The lowest BCUT2D eigenvalue weighted by atomic mass is 10.1. The highest BCUT2D eigenvalue weighted by Crippen LogP contribution is 2.06. The lowest BCUT2D eigenvalue weighted by Crippen LogP contribution is -2.07. The van der Waals surface area contributed by atoms with Crippen molar-refractivity contribution in [1.82, 2.24) is 0 Å². The summed E-state index contributed by atoms with van der Waals surface area (Å²) in [5.74, 6) is 0.877. The van der Waals surface area contributed by atoms with Crippen LogP contribution in [-0.2, 0) is 15.9 Å². The zero-order valence-corrected chi connectivity index (χ0v) is 11.7. The first-order valence-corrected chi connectivity index (χ1v) is 6.98. The SMILES string of the molecule is C=Cc1ccc(CCOCCOCCCS)cc1. The van der Waals surface area contributed by atoms with Crippen molar-refractivity contribution in [3.8, 4) is 0 Å². The van der Waals surface area contributed by atoms with Crippen LogP contribution in [0.5, 0.6) is 0 Å². The number of benzene rings is 1. The molecule has 0 saturated heterocycles. The van der Waals surface area contributed by atoms with Crippen LogP contribution in [0.4, 0.5) is 0 Å². The van der Waals surface area contributed by atoms with Gasteiger partial charge in [0.05, 0.1) is 19.8 Å². The van der Waals surface area contributed by atoms with Crippen molar-refractivity contribution in [3.05, 3.63) is 42.0 Å². The molecule has 1 aromatic rings. The van der Waals surface area contributed by atoms with Gasteiger partial charge in [-0.15, -0.1) is 0 Å². The number of thiol groups is 1. The smallest absolute Gasteiger partial charge is 0.0700 e. The number of hydrogen-bond donors (Lipinski definition) is 1. The number of rotatable bonds is 10. The molecule has 0 fully saturated rings. The second-order valence-corrected chi connectivity index (χ2v) is 4.44. The first kappa shape index (κ1) is 15.3. The van der Waals surface area contributed by atoms with Gasteiger partial charge in [-0.2, -0.15) is 12.6 Å². The highest BCUT2D eigenvalue weighted by atomic mass is 32.1. The normalized spacial score (nSPS) is 10.5. The van der Waals surface area contributed by atoms with Gasteiger partial charge in [-0.3, -0.25) is 0 Å². The maximum atomic E-state index is 5.51. The van der Waals surface area contributed by atoms with Gasteiger partial charge in [-0.05, 0) is 29.7 Å². The van der Waals surface area contributed by atoms with Crippen LogP contribution in [0.2, 0.25) is 0 Å². The summed E-state index contributed by atoms with van der Waals surface area (Å²) in [4.78, 5) is 0. The first-order valence-electron chi connectivity index (χ1n) is 6.34. The van der Waals surface area contributed by atoms with E-state index in [9.17, 15) is 0 Å². The van der Waals surface area contributed by atoms with Gasteiger partial charge in [0.1, 0.15) is 0 Å². The van der Waals surface area contributed by atoms with E-state index in [4.69, 9.17) is 9.47 Å². The Hall–Kier alpha value is -0.770. The van der Waals surface area contributed by atoms with Gasteiger partial charge in [-0.25, -0.2) is 0 Å². The monoisotopic (exact) mass is 266 g/mol. The van der Waals surface area contributed by atoms with Crippen LogP contribution < -0.4 is 0 Å². The standard InChI is InChI=1S/C15H22O2S/c1-2-14-4-6-15(7-5-14)8-10-17-12-11-16-9-3-13-18/h2,4-7,18H,1,3,8-13H2. The second kappa shape index (κ2) is 10.2. The topological polar surface area (TPSA) is 18.5 Å². The first-order chi connectivity index (χ1) is 8.86. The van der Waals surface area contributed by atoms with E-state index < -0.39 is 0 Å². The molecule has 0 bridgehead atoms.